The number of aryl methyl sites for hydroxylation is 2. The number of unbranched alkanes of at least 4 members (excludes halogenated alkanes) is 9. The predicted molar refractivity (Wildman–Crippen MR) is 180 cm³/mol. The van der Waals surface area contributed by atoms with Crippen molar-refractivity contribution in [3.05, 3.63) is 70.6 Å². The molecular weight excluding hydrogens is 532 g/mol. The van der Waals surface area contributed by atoms with Gasteiger partial charge in [-0.05, 0) is 69.0 Å². The maximum absolute atomic E-state index is 13.5. The van der Waals surface area contributed by atoms with E-state index < -0.39 is 0 Å². The molecular formula is C38H50N2O3. The molecule has 2 aliphatic rings. The van der Waals surface area contributed by atoms with Crippen LogP contribution < -0.4 is 10.7 Å². The summed E-state index contributed by atoms with van der Waals surface area (Å²) in [5.41, 5.74) is 7.40. The maximum atomic E-state index is 13.5. The number of rotatable bonds is 16. The van der Waals surface area contributed by atoms with Gasteiger partial charge in [0.05, 0.1) is 17.5 Å². The topological polar surface area (TPSA) is 63.8 Å². The van der Waals surface area contributed by atoms with Crippen LogP contribution >= 0.6 is 0 Å². The zero-order valence-corrected chi connectivity index (χ0v) is 27.0. The molecule has 0 saturated carbocycles. The van der Waals surface area contributed by atoms with Gasteiger partial charge in [-0.3, -0.25) is 4.99 Å². The van der Waals surface area contributed by atoms with Gasteiger partial charge in [0, 0.05) is 47.4 Å². The minimum atomic E-state index is -0.274. The fraction of sp³-hybridized carbons (Fsp3) is 0.474. The maximum Gasteiger partial charge on any atom is 0.338 e. The zero-order chi connectivity index (χ0) is 30.6. The second kappa shape index (κ2) is 16.3. The van der Waals surface area contributed by atoms with E-state index in [1.165, 1.54) is 51.4 Å². The Balaban J connectivity index is 1.60. The van der Waals surface area contributed by atoms with E-state index in [-0.39, 0.29) is 5.97 Å². The fourth-order valence-electron chi connectivity index (χ4n) is 5.91. The molecule has 1 heterocycles. The normalized spacial score (nSPS) is 11.9. The quantitative estimate of drug-likeness (QED) is 0.0811. The van der Waals surface area contributed by atoms with Crippen molar-refractivity contribution in [1.29, 1.82) is 0 Å². The highest BCUT2D eigenvalue weighted by Crippen LogP contribution is 2.43. The van der Waals surface area contributed by atoms with Crippen LogP contribution in [0.2, 0.25) is 0 Å². The molecule has 5 heteroatoms. The molecule has 0 fully saturated rings. The standard InChI is InChI=1S/C38H50N2O3/c1-6-9-10-11-12-13-14-15-16-19-22-42-38(41)30-21-18-17-20-29(30)37-31-23-27(4)33(39-7-2)25-35(31)43-36-26-34(40-8-3)28(5)24-32(36)37/h17-18,20-21,23-26,39H,6-16,19,22H2,1-5H3. The van der Waals surface area contributed by atoms with Gasteiger partial charge in [-0.25, -0.2) is 4.79 Å². The lowest BCUT2D eigenvalue weighted by Crippen LogP contribution is -2.11. The lowest BCUT2D eigenvalue weighted by atomic mass is 9.89. The Morgan fingerprint density at radius 2 is 1.51 bits per heavy atom. The van der Waals surface area contributed by atoms with Gasteiger partial charge in [0.1, 0.15) is 11.3 Å². The molecule has 43 heavy (non-hydrogen) atoms. The third-order valence-electron chi connectivity index (χ3n) is 8.23. The minimum Gasteiger partial charge on any atom is -0.462 e. The molecule has 5 nitrogen and oxygen atoms in total. The highest BCUT2D eigenvalue weighted by atomic mass is 16.5. The van der Waals surface area contributed by atoms with E-state index in [2.05, 4.69) is 56.2 Å². The molecule has 4 rings (SSSR count). The van der Waals surface area contributed by atoms with Crippen molar-refractivity contribution in [2.75, 3.05) is 25.0 Å². The Bertz CT molecular complexity index is 1530. The molecule has 230 valence electrons. The second-order valence-electron chi connectivity index (χ2n) is 11.6. The third kappa shape index (κ3) is 8.28. The number of carbonyl (C=O) groups is 1. The highest BCUT2D eigenvalue weighted by molar-refractivity contribution is 6.08. The summed E-state index contributed by atoms with van der Waals surface area (Å²) in [4.78, 5) is 18.2. The summed E-state index contributed by atoms with van der Waals surface area (Å²) in [5.74, 6) is 0.476. The lowest BCUT2D eigenvalue weighted by molar-refractivity contribution is 0.0498. The Kier molecular flexibility index (Phi) is 12.3. The Labute approximate surface area is 258 Å². The van der Waals surface area contributed by atoms with Crippen LogP contribution in [0.25, 0.3) is 33.4 Å². The van der Waals surface area contributed by atoms with Crippen LogP contribution in [0.1, 0.15) is 106 Å². The number of benzene rings is 3. The number of ether oxygens (including phenoxy) is 1. The van der Waals surface area contributed by atoms with E-state index >= 15 is 0 Å². The summed E-state index contributed by atoms with van der Waals surface area (Å²) in [6, 6.07) is 16.2. The molecule has 2 aromatic rings. The molecule has 1 N–H and O–H groups in total. The average Bonchev–Trinajstić information content (AvgIpc) is 3.00. The van der Waals surface area contributed by atoms with Crippen LogP contribution in [0, 0.1) is 13.8 Å². The molecule has 0 atom stereocenters. The average molecular weight is 583 g/mol. The summed E-state index contributed by atoms with van der Waals surface area (Å²) < 4.78 is 12.4. The smallest absolute Gasteiger partial charge is 0.338 e. The van der Waals surface area contributed by atoms with Crippen molar-refractivity contribution in [3.8, 4) is 22.5 Å². The fourth-order valence-corrected chi connectivity index (χ4v) is 5.91. The van der Waals surface area contributed by atoms with Gasteiger partial charge >= 0.3 is 5.97 Å². The van der Waals surface area contributed by atoms with Crippen molar-refractivity contribution < 1.29 is 13.9 Å². The minimum absolute atomic E-state index is 0.274. The molecule has 0 saturated heterocycles. The number of fused-ring (bicyclic) bond motifs is 2. The summed E-state index contributed by atoms with van der Waals surface area (Å²) in [6.07, 6.45) is 12.5. The van der Waals surface area contributed by atoms with Crippen LogP contribution in [-0.2, 0) is 4.74 Å². The number of nitrogens with one attached hydrogen (secondary N) is 1. The van der Waals surface area contributed by atoms with Gasteiger partial charge < -0.3 is 14.5 Å². The number of esters is 1. The molecule has 0 aromatic heterocycles. The van der Waals surface area contributed by atoms with Crippen LogP contribution in [-0.4, -0.2) is 25.7 Å². The molecule has 1 aliphatic carbocycles. The van der Waals surface area contributed by atoms with Crippen molar-refractivity contribution in [2.24, 2.45) is 4.99 Å². The number of hydrogen-bond acceptors (Lipinski definition) is 5. The number of anilines is 1. The zero-order valence-electron chi connectivity index (χ0n) is 27.0. The Morgan fingerprint density at radius 1 is 0.814 bits per heavy atom. The van der Waals surface area contributed by atoms with Gasteiger partial charge in [0.25, 0.3) is 0 Å². The summed E-state index contributed by atoms with van der Waals surface area (Å²) in [6.45, 7) is 12.5. The van der Waals surface area contributed by atoms with Crippen LogP contribution in [0.4, 0.5) is 5.69 Å². The molecule has 0 unspecified atom stereocenters. The number of carbonyl (C=O) groups excluding carboxylic acids is 1. The van der Waals surface area contributed by atoms with E-state index in [9.17, 15) is 4.79 Å². The van der Waals surface area contributed by atoms with Crippen molar-refractivity contribution in [1.82, 2.24) is 0 Å². The van der Waals surface area contributed by atoms with E-state index in [0.29, 0.717) is 18.7 Å². The van der Waals surface area contributed by atoms with E-state index in [0.717, 1.165) is 75.0 Å². The molecule has 1 aliphatic heterocycles. The molecule has 0 radical (unpaired) electrons. The molecule has 0 amide bonds. The van der Waals surface area contributed by atoms with Crippen LogP contribution in [0.15, 0.2) is 57.9 Å². The first-order valence-electron chi connectivity index (χ1n) is 16.5. The van der Waals surface area contributed by atoms with E-state index in [4.69, 9.17) is 9.15 Å². The molecule has 0 spiro atoms. The van der Waals surface area contributed by atoms with Gasteiger partial charge in [-0.1, -0.05) is 82.9 Å². The van der Waals surface area contributed by atoms with Gasteiger partial charge in [-0.15, -0.1) is 0 Å². The SMILES string of the molecule is CCCCCCCCCCCCOC(=O)c1ccccc1-c1c2cc(C)c(=NCC)cc-2oc2cc(NCC)c(C)cc12. The number of hydrogen-bond donors (Lipinski definition) is 1. The monoisotopic (exact) mass is 582 g/mol. The summed E-state index contributed by atoms with van der Waals surface area (Å²) in [7, 11) is 0. The predicted octanol–water partition coefficient (Wildman–Crippen LogP) is 10.3. The van der Waals surface area contributed by atoms with Crippen molar-refractivity contribution >= 4 is 22.6 Å². The summed E-state index contributed by atoms with van der Waals surface area (Å²) >= 11 is 0. The van der Waals surface area contributed by atoms with Crippen LogP contribution in [0.3, 0.4) is 0 Å². The summed E-state index contributed by atoms with van der Waals surface area (Å²) in [5, 5.41) is 5.34. The largest absolute Gasteiger partial charge is 0.462 e. The van der Waals surface area contributed by atoms with Gasteiger partial charge in [0.15, 0.2) is 0 Å². The molecule has 2 aromatic carbocycles. The first-order valence-corrected chi connectivity index (χ1v) is 16.5. The Morgan fingerprint density at radius 3 is 2.21 bits per heavy atom. The van der Waals surface area contributed by atoms with Gasteiger partial charge in [0.2, 0.25) is 0 Å². The van der Waals surface area contributed by atoms with Crippen molar-refractivity contribution in [3.63, 3.8) is 0 Å². The number of nitrogens with zero attached hydrogens (tertiary/aromatic N) is 1. The van der Waals surface area contributed by atoms with Gasteiger partial charge in [-0.2, -0.15) is 0 Å². The third-order valence-corrected chi connectivity index (χ3v) is 8.23. The van der Waals surface area contributed by atoms with Crippen molar-refractivity contribution in [2.45, 2.75) is 98.8 Å². The Hall–Kier alpha value is -3.60. The highest BCUT2D eigenvalue weighted by Gasteiger charge is 2.23. The lowest BCUT2D eigenvalue weighted by Gasteiger charge is -2.20. The van der Waals surface area contributed by atoms with E-state index in [1.807, 2.05) is 37.3 Å². The van der Waals surface area contributed by atoms with E-state index in [1.54, 1.807) is 0 Å². The van der Waals surface area contributed by atoms with Crippen LogP contribution in [0.5, 0.6) is 0 Å². The second-order valence-corrected chi connectivity index (χ2v) is 11.6. The first kappa shape index (κ1) is 32.3. The molecule has 0 bridgehead atoms. The first-order chi connectivity index (χ1) is 21.0.